The number of nitrogens with zero attached hydrogens (tertiary/aromatic N) is 1. The Balaban J connectivity index is 2.61. The second kappa shape index (κ2) is 4.42. The zero-order chi connectivity index (χ0) is 11.7. The summed E-state index contributed by atoms with van der Waals surface area (Å²) in [5.74, 6) is -0.131. The number of anilines is 1. The van der Waals surface area contributed by atoms with Gasteiger partial charge in [-0.15, -0.1) is 11.3 Å². The van der Waals surface area contributed by atoms with Crippen LogP contribution in [0, 0.1) is 6.92 Å². The average Bonchev–Trinajstić information content (AvgIpc) is 2.58. The van der Waals surface area contributed by atoms with Gasteiger partial charge in [0.05, 0.1) is 10.4 Å². The molecule has 0 aliphatic carbocycles. The van der Waals surface area contributed by atoms with Crippen LogP contribution < -0.4 is 11.1 Å². The molecule has 0 saturated carbocycles. The molecule has 0 aliphatic heterocycles. The number of carbonyl (C=O) groups is 1. The largest absolute Gasteiger partial charge is 0.397 e. The summed E-state index contributed by atoms with van der Waals surface area (Å²) in [6.45, 7) is 1.94. The fourth-order valence-corrected chi connectivity index (χ4v) is 2.85. The van der Waals surface area contributed by atoms with E-state index in [-0.39, 0.29) is 5.91 Å². The Labute approximate surface area is 105 Å². The minimum absolute atomic E-state index is 0.131. The van der Waals surface area contributed by atoms with Gasteiger partial charge in [0, 0.05) is 17.8 Å². The van der Waals surface area contributed by atoms with Crippen molar-refractivity contribution in [2.45, 2.75) is 6.92 Å². The molecule has 0 atom stereocenters. The molecule has 2 heterocycles. The molecule has 6 heteroatoms. The normalized spacial score (nSPS) is 10.6. The van der Waals surface area contributed by atoms with Gasteiger partial charge >= 0.3 is 0 Å². The summed E-state index contributed by atoms with van der Waals surface area (Å²) in [4.78, 5) is 16.4. The second-order valence-electron chi connectivity index (χ2n) is 3.38. The van der Waals surface area contributed by atoms with Crippen molar-refractivity contribution in [3.05, 3.63) is 22.8 Å². The van der Waals surface area contributed by atoms with Gasteiger partial charge in [0.1, 0.15) is 4.88 Å². The fourth-order valence-electron chi connectivity index (χ4n) is 1.58. The van der Waals surface area contributed by atoms with Crippen LogP contribution in [-0.4, -0.2) is 32.6 Å². The van der Waals surface area contributed by atoms with E-state index in [0.29, 0.717) is 16.0 Å². The number of fused-ring (bicyclic) bond motifs is 1. The first-order chi connectivity index (χ1) is 7.65. The maximum Gasteiger partial charge on any atom is 0.262 e. The maximum absolute atomic E-state index is 11.7. The van der Waals surface area contributed by atoms with E-state index in [1.54, 1.807) is 12.4 Å². The summed E-state index contributed by atoms with van der Waals surface area (Å²) < 4.78 is 0.950. The second-order valence-corrected chi connectivity index (χ2v) is 4.84. The van der Waals surface area contributed by atoms with Crippen LogP contribution in [0.1, 0.15) is 15.2 Å². The monoisotopic (exact) mass is 247 g/mol. The van der Waals surface area contributed by atoms with Crippen LogP contribution in [0.4, 0.5) is 5.69 Å². The Morgan fingerprint density at radius 1 is 1.62 bits per heavy atom. The zero-order valence-corrected chi connectivity index (χ0v) is 10.8. The number of rotatable bonds is 2. The highest BCUT2D eigenvalue weighted by Gasteiger charge is 2.16. The van der Waals surface area contributed by atoms with Crippen LogP contribution in [-0.2, 0) is 0 Å². The van der Waals surface area contributed by atoms with Crippen molar-refractivity contribution in [3.63, 3.8) is 0 Å². The number of aromatic nitrogens is 1. The first kappa shape index (κ1) is 11.4. The number of nitrogens with two attached hydrogens (primary N) is 1. The standard InChI is InChI=1S/C10H10N3OS.Al/c1-5-3-13-4-6-7(5)8(11)9(15-6)10(14)12-2;/h3-4H,2,11H2,1H3,(H,12,14);. The molecule has 0 bridgehead atoms. The number of nitrogen functional groups attached to an aromatic ring is 1. The molecule has 3 N–H and O–H groups in total. The number of hydrogen-bond acceptors (Lipinski definition) is 4. The Morgan fingerprint density at radius 2 is 2.38 bits per heavy atom. The number of amides is 1. The first-order valence-corrected chi connectivity index (χ1v) is 6.39. The minimum Gasteiger partial charge on any atom is -0.397 e. The molecule has 2 rings (SSSR count). The predicted octanol–water partition coefficient (Wildman–Crippen LogP) is 1.04. The molecule has 0 spiro atoms. The predicted molar refractivity (Wildman–Crippen MR) is 66.9 cm³/mol. The number of thiophene rings is 1. The van der Waals surface area contributed by atoms with Gasteiger partial charge in [-0.1, -0.05) is 5.41 Å². The Kier molecular flexibility index (Phi) is 3.15. The van der Waals surface area contributed by atoms with E-state index in [2.05, 4.69) is 26.6 Å². The molecular formula is C10H10AlN3OS. The smallest absolute Gasteiger partial charge is 0.262 e. The third-order valence-corrected chi connectivity index (χ3v) is 3.64. The van der Waals surface area contributed by atoms with E-state index in [9.17, 15) is 4.79 Å². The van der Waals surface area contributed by atoms with Gasteiger partial charge in [0.15, 0.2) is 16.3 Å². The van der Waals surface area contributed by atoms with Crippen LogP contribution >= 0.6 is 11.3 Å². The van der Waals surface area contributed by atoms with Crippen molar-refractivity contribution >= 4 is 49.3 Å². The van der Waals surface area contributed by atoms with Gasteiger partial charge in [-0.05, 0) is 12.5 Å². The van der Waals surface area contributed by atoms with E-state index < -0.39 is 0 Å². The van der Waals surface area contributed by atoms with Gasteiger partial charge in [-0.3, -0.25) is 9.78 Å². The molecule has 0 fully saturated rings. The molecule has 0 unspecified atom stereocenters. The van der Waals surface area contributed by atoms with Crippen LogP contribution in [0.15, 0.2) is 12.4 Å². The summed E-state index contributed by atoms with van der Waals surface area (Å²) in [7, 11) is 0. The van der Waals surface area contributed by atoms with Crippen LogP contribution in [0.3, 0.4) is 0 Å². The third-order valence-electron chi connectivity index (χ3n) is 2.30. The SMILES string of the molecule is Cc1cncc2sc(C(=O)N[CH2][Al])c(N)c12. The molecule has 0 aromatic carbocycles. The van der Waals surface area contributed by atoms with Crippen LogP contribution in [0.2, 0.25) is 0 Å². The fraction of sp³-hybridized carbons (Fsp3) is 0.200. The Morgan fingerprint density at radius 3 is 3.00 bits per heavy atom. The molecule has 2 aromatic rings. The van der Waals surface area contributed by atoms with Gasteiger partial charge in [0.25, 0.3) is 5.91 Å². The van der Waals surface area contributed by atoms with Crippen molar-refractivity contribution in [2.75, 3.05) is 11.1 Å². The molecule has 2 radical (unpaired) electrons. The molecule has 0 saturated heterocycles. The van der Waals surface area contributed by atoms with Crippen molar-refractivity contribution in [1.82, 2.24) is 10.3 Å². The van der Waals surface area contributed by atoms with Gasteiger partial charge in [-0.2, -0.15) is 0 Å². The summed E-state index contributed by atoms with van der Waals surface area (Å²) in [5.41, 5.74) is 7.53. The van der Waals surface area contributed by atoms with Crippen molar-refractivity contribution in [3.8, 4) is 0 Å². The first-order valence-electron chi connectivity index (χ1n) is 4.76. The lowest BCUT2D eigenvalue weighted by molar-refractivity contribution is 0.0965. The molecule has 2 aromatic heterocycles. The highest BCUT2D eigenvalue weighted by atomic mass is 32.1. The van der Waals surface area contributed by atoms with Crippen LogP contribution in [0.25, 0.3) is 10.1 Å². The van der Waals surface area contributed by atoms with Gasteiger partial charge in [0.2, 0.25) is 0 Å². The number of carbonyl (C=O) groups excluding carboxylic acids is 1. The molecule has 80 valence electrons. The third kappa shape index (κ3) is 1.80. The van der Waals surface area contributed by atoms with Crippen molar-refractivity contribution in [2.24, 2.45) is 0 Å². The number of pyridine rings is 1. The van der Waals surface area contributed by atoms with E-state index in [0.717, 1.165) is 15.6 Å². The minimum atomic E-state index is -0.131. The van der Waals surface area contributed by atoms with Crippen LogP contribution in [0.5, 0.6) is 0 Å². The van der Waals surface area contributed by atoms with Gasteiger partial charge in [-0.25, -0.2) is 0 Å². The van der Waals surface area contributed by atoms with E-state index in [4.69, 9.17) is 5.73 Å². The number of nitrogens with one attached hydrogen (secondary N) is 1. The quantitative estimate of drug-likeness (QED) is 0.779. The highest BCUT2D eigenvalue weighted by molar-refractivity contribution is 7.21. The highest BCUT2D eigenvalue weighted by Crippen LogP contribution is 2.34. The Hall–Kier alpha value is -1.09. The lowest BCUT2D eigenvalue weighted by Gasteiger charge is -2.00. The summed E-state index contributed by atoms with van der Waals surface area (Å²) in [6, 6.07) is 0. The maximum atomic E-state index is 11.7. The molecule has 16 heavy (non-hydrogen) atoms. The van der Waals surface area contributed by atoms with E-state index in [1.165, 1.54) is 11.3 Å². The number of aryl methyl sites for hydroxylation is 1. The lowest BCUT2D eigenvalue weighted by Crippen LogP contribution is -2.24. The lowest BCUT2D eigenvalue weighted by atomic mass is 10.2. The van der Waals surface area contributed by atoms with E-state index >= 15 is 0 Å². The summed E-state index contributed by atoms with van der Waals surface area (Å²) >= 11 is 3.82. The average molecular weight is 247 g/mol. The number of hydrogen-bond donors (Lipinski definition) is 2. The molecular weight excluding hydrogens is 237 g/mol. The van der Waals surface area contributed by atoms with Gasteiger partial charge < -0.3 is 11.1 Å². The summed E-state index contributed by atoms with van der Waals surface area (Å²) in [6.07, 6.45) is 3.49. The zero-order valence-electron chi connectivity index (χ0n) is 8.78. The van der Waals surface area contributed by atoms with Crippen molar-refractivity contribution < 1.29 is 4.79 Å². The molecule has 1 amide bonds. The molecule has 4 nitrogen and oxygen atoms in total. The summed E-state index contributed by atoms with van der Waals surface area (Å²) in [5, 5.41) is 4.17. The van der Waals surface area contributed by atoms with Crippen molar-refractivity contribution in [1.29, 1.82) is 0 Å². The topological polar surface area (TPSA) is 68.0 Å². The Bertz CT molecular complexity index is 552. The van der Waals surface area contributed by atoms with E-state index in [1.807, 2.05) is 6.92 Å². The molecule has 0 aliphatic rings.